The van der Waals surface area contributed by atoms with Gasteiger partial charge in [-0.3, -0.25) is 0 Å². The molecule has 0 aliphatic heterocycles. The molecule has 1 aromatic rings. The van der Waals surface area contributed by atoms with Crippen molar-refractivity contribution >= 4 is 21.6 Å². The van der Waals surface area contributed by atoms with Crippen LogP contribution >= 0.6 is 11.6 Å². The van der Waals surface area contributed by atoms with Gasteiger partial charge in [-0.25, -0.2) is 17.5 Å². The van der Waals surface area contributed by atoms with E-state index in [1.54, 1.807) is 0 Å². The van der Waals surface area contributed by atoms with Gasteiger partial charge in [-0.2, -0.15) is 0 Å². The maximum absolute atomic E-state index is 12.7. The quantitative estimate of drug-likeness (QED) is 0.821. The van der Waals surface area contributed by atoms with Crippen molar-refractivity contribution in [3.8, 4) is 5.75 Å². The molecule has 0 radical (unpaired) electrons. The molecular weight excluding hydrogens is 257 g/mol. The highest BCUT2D eigenvalue weighted by atomic mass is 35.5. The molecule has 7 heteroatoms. The van der Waals surface area contributed by atoms with E-state index in [0.29, 0.717) is 5.75 Å². The van der Waals surface area contributed by atoms with E-state index in [4.69, 9.17) is 16.3 Å². The number of hydrogen-bond donors (Lipinski definition) is 1. The first-order chi connectivity index (χ1) is 7.38. The lowest BCUT2D eigenvalue weighted by atomic mass is 10.3. The van der Waals surface area contributed by atoms with Crippen molar-refractivity contribution in [1.82, 2.24) is 4.72 Å². The Morgan fingerprint density at radius 1 is 1.50 bits per heavy atom. The van der Waals surface area contributed by atoms with Crippen LogP contribution in [0, 0.1) is 5.82 Å². The van der Waals surface area contributed by atoms with E-state index in [1.165, 1.54) is 12.1 Å². The maximum Gasteiger partial charge on any atom is 0.208 e. The van der Waals surface area contributed by atoms with Crippen LogP contribution in [0.4, 0.5) is 4.39 Å². The molecule has 0 aromatic heterocycles. The molecule has 90 valence electrons. The zero-order valence-electron chi connectivity index (χ0n) is 8.54. The number of hydrogen-bond acceptors (Lipinski definition) is 3. The average Bonchev–Trinajstić information content (AvgIpc) is 2.13. The first kappa shape index (κ1) is 13.2. The van der Waals surface area contributed by atoms with Crippen LogP contribution in [-0.2, 0) is 10.0 Å². The number of nitrogens with one attached hydrogen (secondary N) is 1. The van der Waals surface area contributed by atoms with Crippen LogP contribution in [0.1, 0.15) is 0 Å². The summed E-state index contributed by atoms with van der Waals surface area (Å²) in [6.07, 6.45) is 1.05. The smallest absolute Gasteiger partial charge is 0.208 e. The third-order valence-electron chi connectivity index (χ3n) is 1.62. The zero-order valence-corrected chi connectivity index (χ0v) is 10.1. The largest absolute Gasteiger partial charge is 0.491 e. The lowest BCUT2D eigenvalue weighted by Crippen LogP contribution is -2.26. The molecule has 1 aromatic carbocycles. The molecule has 0 aliphatic carbocycles. The normalized spacial score (nSPS) is 11.4. The standard InChI is InChI=1S/C9H11ClFNO3S/c1-16(13,14)12-4-5-15-9-3-2-7(11)6-8(9)10/h2-3,6,12H,4-5H2,1H3. The summed E-state index contributed by atoms with van der Waals surface area (Å²) < 4.78 is 41.5. The van der Waals surface area contributed by atoms with Gasteiger partial charge in [0.1, 0.15) is 18.2 Å². The third-order valence-corrected chi connectivity index (χ3v) is 2.64. The van der Waals surface area contributed by atoms with Crippen LogP contribution in [0.25, 0.3) is 0 Å². The zero-order chi connectivity index (χ0) is 12.2. The Morgan fingerprint density at radius 3 is 2.75 bits per heavy atom. The predicted octanol–water partition coefficient (Wildman–Crippen LogP) is 1.41. The Bertz CT molecular complexity index is 464. The van der Waals surface area contributed by atoms with Crippen LogP contribution in [0.15, 0.2) is 18.2 Å². The van der Waals surface area contributed by atoms with Gasteiger partial charge in [0.05, 0.1) is 11.3 Å². The van der Waals surface area contributed by atoms with Gasteiger partial charge in [0.15, 0.2) is 0 Å². The van der Waals surface area contributed by atoms with Crippen molar-refractivity contribution in [3.05, 3.63) is 29.0 Å². The fourth-order valence-corrected chi connectivity index (χ4v) is 1.66. The average molecular weight is 268 g/mol. The van der Waals surface area contributed by atoms with Crippen LogP contribution in [0.2, 0.25) is 5.02 Å². The number of sulfonamides is 1. The summed E-state index contributed by atoms with van der Waals surface area (Å²) in [5.74, 6) is -0.134. The molecule has 1 N–H and O–H groups in total. The summed E-state index contributed by atoms with van der Waals surface area (Å²) in [4.78, 5) is 0. The highest BCUT2D eigenvalue weighted by Gasteiger charge is 2.04. The van der Waals surface area contributed by atoms with E-state index in [-0.39, 0.29) is 18.2 Å². The van der Waals surface area contributed by atoms with Crippen molar-refractivity contribution < 1.29 is 17.5 Å². The molecule has 0 spiro atoms. The molecule has 0 atom stereocenters. The fourth-order valence-electron chi connectivity index (χ4n) is 0.980. The summed E-state index contributed by atoms with van der Waals surface area (Å²) in [5.41, 5.74) is 0. The molecule has 0 unspecified atom stereocenters. The van der Waals surface area contributed by atoms with Crippen LogP contribution < -0.4 is 9.46 Å². The molecule has 0 heterocycles. The van der Waals surface area contributed by atoms with Gasteiger partial charge >= 0.3 is 0 Å². The molecule has 0 saturated heterocycles. The second kappa shape index (κ2) is 5.47. The molecule has 0 saturated carbocycles. The number of ether oxygens (including phenoxy) is 1. The molecule has 16 heavy (non-hydrogen) atoms. The van der Waals surface area contributed by atoms with Crippen molar-refractivity contribution in [1.29, 1.82) is 0 Å². The molecular formula is C9H11ClFNO3S. The van der Waals surface area contributed by atoms with Gasteiger partial charge in [0.25, 0.3) is 0 Å². The molecule has 0 aliphatic rings. The number of benzene rings is 1. The Labute approximate surface area is 98.4 Å². The van der Waals surface area contributed by atoms with Gasteiger partial charge < -0.3 is 4.74 Å². The maximum atomic E-state index is 12.7. The lowest BCUT2D eigenvalue weighted by molar-refractivity contribution is 0.322. The number of rotatable bonds is 5. The molecule has 1 rings (SSSR count). The van der Waals surface area contributed by atoms with Crippen LogP contribution in [0.5, 0.6) is 5.75 Å². The topological polar surface area (TPSA) is 55.4 Å². The van der Waals surface area contributed by atoms with E-state index < -0.39 is 15.8 Å². The van der Waals surface area contributed by atoms with Crippen molar-refractivity contribution in [2.45, 2.75) is 0 Å². The molecule has 0 amide bonds. The molecule has 0 bridgehead atoms. The predicted molar refractivity (Wildman–Crippen MR) is 59.8 cm³/mol. The van der Waals surface area contributed by atoms with E-state index in [0.717, 1.165) is 12.3 Å². The summed E-state index contributed by atoms with van der Waals surface area (Å²) in [6, 6.07) is 3.73. The first-order valence-electron chi connectivity index (χ1n) is 4.41. The minimum atomic E-state index is -3.22. The Balaban J connectivity index is 2.43. The number of halogens is 2. The Kier molecular flexibility index (Phi) is 4.52. The van der Waals surface area contributed by atoms with Gasteiger partial charge in [-0.1, -0.05) is 11.6 Å². The van der Waals surface area contributed by atoms with E-state index in [9.17, 15) is 12.8 Å². The van der Waals surface area contributed by atoms with Crippen molar-refractivity contribution in [2.75, 3.05) is 19.4 Å². The summed E-state index contributed by atoms with van der Waals surface area (Å²) >= 11 is 5.69. The highest BCUT2D eigenvalue weighted by molar-refractivity contribution is 7.88. The van der Waals surface area contributed by atoms with Gasteiger partial charge in [-0.05, 0) is 18.2 Å². The monoisotopic (exact) mass is 267 g/mol. The van der Waals surface area contributed by atoms with Gasteiger partial charge in [-0.15, -0.1) is 0 Å². The summed E-state index contributed by atoms with van der Waals surface area (Å²) in [5, 5.41) is 0.152. The van der Waals surface area contributed by atoms with E-state index in [1.807, 2.05) is 0 Å². The van der Waals surface area contributed by atoms with Crippen molar-refractivity contribution in [2.24, 2.45) is 0 Å². The third kappa shape index (κ3) is 4.78. The van der Waals surface area contributed by atoms with Crippen LogP contribution in [0.3, 0.4) is 0 Å². The van der Waals surface area contributed by atoms with Crippen molar-refractivity contribution in [3.63, 3.8) is 0 Å². The van der Waals surface area contributed by atoms with Crippen LogP contribution in [-0.4, -0.2) is 27.8 Å². The molecule has 4 nitrogen and oxygen atoms in total. The Hall–Kier alpha value is -0.850. The molecule has 0 fully saturated rings. The minimum Gasteiger partial charge on any atom is -0.491 e. The fraction of sp³-hybridized carbons (Fsp3) is 0.333. The second-order valence-corrected chi connectivity index (χ2v) is 5.33. The first-order valence-corrected chi connectivity index (χ1v) is 6.68. The Morgan fingerprint density at radius 2 is 2.19 bits per heavy atom. The van der Waals surface area contributed by atoms with E-state index in [2.05, 4.69) is 4.72 Å². The summed E-state index contributed by atoms with van der Waals surface area (Å²) in [6.45, 7) is 0.255. The van der Waals surface area contributed by atoms with Gasteiger partial charge in [0, 0.05) is 6.54 Å². The SMILES string of the molecule is CS(=O)(=O)NCCOc1ccc(F)cc1Cl. The minimum absolute atomic E-state index is 0.123. The van der Waals surface area contributed by atoms with Gasteiger partial charge in [0.2, 0.25) is 10.0 Å². The highest BCUT2D eigenvalue weighted by Crippen LogP contribution is 2.24. The van der Waals surface area contributed by atoms with E-state index >= 15 is 0 Å². The lowest BCUT2D eigenvalue weighted by Gasteiger charge is -2.07. The summed E-state index contributed by atoms with van der Waals surface area (Å²) in [7, 11) is -3.22. The second-order valence-electron chi connectivity index (χ2n) is 3.09.